The first-order valence-electron chi connectivity index (χ1n) is 3.18. The van der Waals surface area contributed by atoms with Gasteiger partial charge in [0, 0.05) is 0 Å². The van der Waals surface area contributed by atoms with Gasteiger partial charge in [-0.3, -0.25) is 0 Å². The molecule has 0 fully saturated rings. The highest BCUT2D eigenvalue weighted by atomic mass is 127. The molecule has 0 aliphatic rings. The number of nitrogens with one attached hydrogen (secondary N) is 1. The molecule has 1 N–H and O–H groups in total. The maximum Gasteiger partial charge on any atom is 0.327 e. The minimum Gasteiger partial charge on any atom is -1.00 e. The van der Waals surface area contributed by atoms with Gasteiger partial charge in [-0.15, -0.1) is 0 Å². The first kappa shape index (κ1) is 8.39. The van der Waals surface area contributed by atoms with Crippen LogP contribution in [0, 0.1) is 0 Å². The Kier molecular flexibility index (Phi) is 2.76. The number of hydrogen-bond acceptors (Lipinski definition) is 1. The molecular formula is C8H7IN2. The summed E-state index contributed by atoms with van der Waals surface area (Å²) < 4.78 is 0. The highest BCUT2D eigenvalue weighted by Gasteiger charge is 1.96. The van der Waals surface area contributed by atoms with Crippen LogP contribution in [-0.4, -0.2) is 4.98 Å². The van der Waals surface area contributed by atoms with Crippen LogP contribution in [0.3, 0.4) is 0 Å². The van der Waals surface area contributed by atoms with Crippen LogP contribution >= 0.6 is 0 Å². The fourth-order valence-electron chi connectivity index (χ4n) is 0.952. The van der Waals surface area contributed by atoms with E-state index in [1.807, 2.05) is 30.5 Å². The number of hydrogen-bond donors (Lipinski definition) is 0. The van der Waals surface area contributed by atoms with Crippen LogP contribution in [0.2, 0.25) is 0 Å². The van der Waals surface area contributed by atoms with E-state index in [-0.39, 0.29) is 24.0 Å². The Labute approximate surface area is 81.7 Å². The molecule has 0 radical (unpaired) electrons. The van der Waals surface area contributed by atoms with Gasteiger partial charge in [-0.1, -0.05) is 0 Å². The van der Waals surface area contributed by atoms with Crippen molar-refractivity contribution in [3.8, 4) is 0 Å². The van der Waals surface area contributed by atoms with E-state index in [1.54, 1.807) is 6.20 Å². The molecule has 0 amide bonds. The molecule has 3 heteroatoms. The Balaban J connectivity index is 0.000000605. The Morgan fingerprint density at radius 3 is 2.82 bits per heavy atom. The topological polar surface area (TPSA) is 27.0 Å². The number of nitrogens with zero attached hydrogens (tertiary/aromatic N) is 1. The predicted molar refractivity (Wildman–Crippen MR) is 38.3 cm³/mol. The Morgan fingerprint density at radius 1 is 1.18 bits per heavy atom. The molecule has 0 aliphatic heterocycles. The maximum atomic E-state index is 4.13. The minimum atomic E-state index is 0. The van der Waals surface area contributed by atoms with E-state index < -0.39 is 0 Å². The molecule has 2 aromatic heterocycles. The SMILES string of the molecule is [I-].c1cnc2[nH+]cccc2c1. The van der Waals surface area contributed by atoms with E-state index in [2.05, 4.69) is 9.97 Å². The summed E-state index contributed by atoms with van der Waals surface area (Å²) in [6, 6.07) is 7.94. The molecule has 11 heavy (non-hydrogen) atoms. The zero-order valence-corrected chi connectivity index (χ0v) is 7.95. The standard InChI is InChI=1S/C8H6N2.HI/c1-3-7-4-2-6-10-8(7)9-5-1;/h1-6H;1H. The molecule has 0 spiro atoms. The third-order valence-corrected chi connectivity index (χ3v) is 1.43. The number of aromatic nitrogens is 2. The van der Waals surface area contributed by atoms with Crippen molar-refractivity contribution in [3.63, 3.8) is 0 Å². The number of rotatable bonds is 0. The number of aromatic amines is 1. The smallest absolute Gasteiger partial charge is 0.327 e. The zero-order valence-electron chi connectivity index (χ0n) is 5.79. The molecule has 0 aromatic carbocycles. The van der Waals surface area contributed by atoms with Crippen molar-refractivity contribution < 1.29 is 29.0 Å². The fourth-order valence-corrected chi connectivity index (χ4v) is 0.952. The van der Waals surface area contributed by atoms with Gasteiger partial charge in [0.1, 0.15) is 6.20 Å². The van der Waals surface area contributed by atoms with Crippen LogP contribution in [-0.2, 0) is 0 Å². The van der Waals surface area contributed by atoms with E-state index in [9.17, 15) is 0 Å². The lowest BCUT2D eigenvalue weighted by atomic mass is 10.3. The molecule has 0 unspecified atom stereocenters. The third kappa shape index (κ3) is 1.65. The van der Waals surface area contributed by atoms with Gasteiger partial charge in [-0.05, 0) is 29.2 Å². The van der Waals surface area contributed by atoms with E-state index in [1.165, 1.54) is 0 Å². The summed E-state index contributed by atoms with van der Waals surface area (Å²) in [5, 5.41) is 1.14. The van der Waals surface area contributed by atoms with Gasteiger partial charge in [-0.2, -0.15) is 0 Å². The van der Waals surface area contributed by atoms with E-state index in [4.69, 9.17) is 0 Å². The normalized spacial score (nSPS) is 9.09. The number of pyridine rings is 2. The molecule has 2 rings (SSSR count). The first-order chi connectivity index (χ1) is 4.97. The molecule has 2 nitrogen and oxygen atoms in total. The van der Waals surface area contributed by atoms with Crippen molar-refractivity contribution in [1.29, 1.82) is 0 Å². The van der Waals surface area contributed by atoms with Gasteiger partial charge in [0.2, 0.25) is 0 Å². The minimum absolute atomic E-state index is 0. The van der Waals surface area contributed by atoms with Crippen molar-refractivity contribution in [2.75, 3.05) is 0 Å². The quantitative estimate of drug-likeness (QED) is 0.505. The predicted octanol–water partition coefficient (Wildman–Crippen LogP) is -1.95. The van der Waals surface area contributed by atoms with Crippen LogP contribution in [0.15, 0.2) is 36.7 Å². The van der Waals surface area contributed by atoms with Gasteiger partial charge >= 0.3 is 5.65 Å². The lowest BCUT2D eigenvalue weighted by molar-refractivity contribution is -0.347. The van der Waals surface area contributed by atoms with Gasteiger partial charge in [0.25, 0.3) is 0 Å². The summed E-state index contributed by atoms with van der Waals surface area (Å²) >= 11 is 0. The summed E-state index contributed by atoms with van der Waals surface area (Å²) in [6.45, 7) is 0. The number of H-pyrrole nitrogens is 1. The lowest BCUT2D eigenvalue weighted by Gasteiger charge is -1.83. The number of halogens is 1. The summed E-state index contributed by atoms with van der Waals surface area (Å²) in [4.78, 5) is 7.17. The highest BCUT2D eigenvalue weighted by Crippen LogP contribution is 2.01. The van der Waals surface area contributed by atoms with E-state index in [0.29, 0.717) is 0 Å². The lowest BCUT2D eigenvalue weighted by Crippen LogP contribution is -3.00. The summed E-state index contributed by atoms with van der Waals surface area (Å²) in [5.74, 6) is 0. The average Bonchev–Trinajstić information content (AvgIpc) is 2.05. The number of fused-ring (bicyclic) bond motifs is 1. The van der Waals surface area contributed by atoms with Gasteiger partial charge in [0.05, 0.1) is 11.6 Å². The van der Waals surface area contributed by atoms with Crippen molar-refractivity contribution in [2.45, 2.75) is 0 Å². The largest absolute Gasteiger partial charge is 1.00 e. The molecule has 0 saturated carbocycles. The van der Waals surface area contributed by atoms with Crippen LogP contribution in [0.5, 0.6) is 0 Å². The second-order valence-electron chi connectivity index (χ2n) is 2.11. The summed E-state index contributed by atoms with van der Waals surface area (Å²) in [6.07, 6.45) is 3.65. The molecule has 2 aromatic rings. The van der Waals surface area contributed by atoms with Gasteiger partial charge < -0.3 is 24.0 Å². The Morgan fingerprint density at radius 2 is 2.00 bits per heavy atom. The molecule has 0 bridgehead atoms. The van der Waals surface area contributed by atoms with Crippen LogP contribution in [0.25, 0.3) is 11.0 Å². The zero-order chi connectivity index (χ0) is 6.81. The molecule has 56 valence electrons. The summed E-state index contributed by atoms with van der Waals surface area (Å²) in [5.41, 5.74) is 0.935. The van der Waals surface area contributed by atoms with Crippen molar-refractivity contribution in [3.05, 3.63) is 36.7 Å². The van der Waals surface area contributed by atoms with Gasteiger partial charge in [-0.25, -0.2) is 4.98 Å². The first-order valence-corrected chi connectivity index (χ1v) is 3.18. The van der Waals surface area contributed by atoms with Crippen LogP contribution in [0.4, 0.5) is 0 Å². The van der Waals surface area contributed by atoms with Crippen molar-refractivity contribution >= 4 is 11.0 Å². The van der Waals surface area contributed by atoms with E-state index in [0.717, 1.165) is 11.0 Å². The van der Waals surface area contributed by atoms with E-state index >= 15 is 0 Å². The Hall–Kier alpha value is -0.710. The van der Waals surface area contributed by atoms with Crippen molar-refractivity contribution in [2.24, 2.45) is 0 Å². The van der Waals surface area contributed by atoms with Crippen LogP contribution in [0.1, 0.15) is 0 Å². The van der Waals surface area contributed by atoms with Gasteiger partial charge in [0.15, 0.2) is 0 Å². The average molecular weight is 258 g/mol. The summed E-state index contributed by atoms with van der Waals surface area (Å²) in [7, 11) is 0. The molecule has 2 heterocycles. The Bertz CT molecular complexity index is 283. The van der Waals surface area contributed by atoms with Crippen molar-refractivity contribution in [1.82, 2.24) is 4.98 Å². The maximum absolute atomic E-state index is 4.13. The highest BCUT2D eigenvalue weighted by molar-refractivity contribution is 5.70. The molecular weight excluding hydrogens is 251 g/mol. The second kappa shape index (κ2) is 3.61. The fraction of sp³-hybridized carbons (Fsp3) is 0. The molecule has 0 atom stereocenters. The second-order valence-corrected chi connectivity index (χ2v) is 2.11. The molecule has 0 saturated heterocycles. The van der Waals surface area contributed by atoms with Crippen LogP contribution < -0.4 is 29.0 Å². The monoisotopic (exact) mass is 258 g/mol. The third-order valence-electron chi connectivity index (χ3n) is 1.43. The molecule has 0 aliphatic carbocycles.